The van der Waals surface area contributed by atoms with Crippen molar-refractivity contribution in [3.05, 3.63) is 33.9 Å². The number of nitriles is 1. The summed E-state index contributed by atoms with van der Waals surface area (Å²) >= 11 is 0. The molecule has 0 aliphatic carbocycles. The Morgan fingerprint density at radius 2 is 2.18 bits per heavy atom. The zero-order valence-corrected chi connectivity index (χ0v) is 12.4. The summed E-state index contributed by atoms with van der Waals surface area (Å²) in [4.78, 5) is 23.6. The Balaban J connectivity index is 3.09. The number of benzene rings is 1. The van der Waals surface area contributed by atoms with Gasteiger partial charge in [-0.25, -0.2) is 5.43 Å². The maximum absolute atomic E-state index is 11.2. The average Bonchev–Trinajstić information content (AvgIpc) is 2.49. The molecule has 1 rings (SSSR count). The van der Waals surface area contributed by atoms with Crippen molar-refractivity contribution in [2.45, 2.75) is 20.3 Å². The van der Waals surface area contributed by atoms with Gasteiger partial charge in [-0.1, -0.05) is 0 Å². The number of anilines is 1. The van der Waals surface area contributed by atoms with Gasteiger partial charge < -0.3 is 4.90 Å². The zero-order valence-electron chi connectivity index (χ0n) is 12.4. The molecule has 0 aliphatic rings. The molecule has 8 heteroatoms. The SMILES string of the molecule is CCN(CC)c1ccc([N+](=O)[O-])cc1/C=N/NC(=O)CC#N. The van der Waals surface area contributed by atoms with Crippen LogP contribution in [-0.4, -0.2) is 30.1 Å². The molecule has 0 atom stereocenters. The molecule has 0 aliphatic heterocycles. The van der Waals surface area contributed by atoms with Gasteiger partial charge in [0.25, 0.3) is 11.6 Å². The first-order valence-electron chi connectivity index (χ1n) is 6.75. The van der Waals surface area contributed by atoms with E-state index in [0.29, 0.717) is 5.56 Å². The fraction of sp³-hybridized carbons (Fsp3) is 0.357. The minimum Gasteiger partial charge on any atom is -0.372 e. The van der Waals surface area contributed by atoms with E-state index in [9.17, 15) is 14.9 Å². The second-order valence-corrected chi connectivity index (χ2v) is 4.30. The summed E-state index contributed by atoms with van der Waals surface area (Å²) in [6.45, 7) is 5.41. The van der Waals surface area contributed by atoms with Crippen molar-refractivity contribution in [1.82, 2.24) is 5.43 Å². The number of nitrogens with one attached hydrogen (secondary N) is 1. The van der Waals surface area contributed by atoms with Crippen molar-refractivity contribution in [1.29, 1.82) is 5.26 Å². The minimum absolute atomic E-state index is 0.0549. The van der Waals surface area contributed by atoms with Crippen LogP contribution in [0.15, 0.2) is 23.3 Å². The number of carbonyl (C=O) groups is 1. The number of carbonyl (C=O) groups excluding carboxylic acids is 1. The molecule has 0 spiro atoms. The molecule has 0 saturated carbocycles. The fourth-order valence-corrected chi connectivity index (χ4v) is 1.90. The van der Waals surface area contributed by atoms with Gasteiger partial charge in [0.2, 0.25) is 0 Å². The molecule has 0 aromatic heterocycles. The number of rotatable bonds is 7. The molecule has 1 N–H and O–H groups in total. The summed E-state index contributed by atoms with van der Waals surface area (Å²) in [6.07, 6.45) is 1.05. The number of amides is 1. The lowest BCUT2D eigenvalue weighted by Crippen LogP contribution is -2.23. The van der Waals surface area contributed by atoms with Crippen molar-refractivity contribution in [3.63, 3.8) is 0 Å². The standard InChI is InChI=1S/C14H17N5O3/c1-3-18(4-2)13-6-5-12(19(21)22)9-11(13)10-16-17-14(20)7-8-15/h5-6,9-10H,3-4,7H2,1-2H3,(H,17,20)/b16-10+. The molecule has 0 radical (unpaired) electrons. The summed E-state index contributed by atoms with van der Waals surface area (Å²) in [7, 11) is 0. The summed E-state index contributed by atoms with van der Waals surface area (Å²) in [5.41, 5.74) is 3.46. The molecule has 0 fully saturated rings. The Bertz CT molecular complexity index is 617. The van der Waals surface area contributed by atoms with Gasteiger partial charge in [0.1, 0.15) is 6.42 Å². The summed E-state index contributed by atoms with van der Waals surface area (Å²) in [5, 5.41) is 23.0. The molecule has 1 aromatic carbocycles. The van der Waals surface area contributed by atoms with Crippen LogP contribution in [0.4, 0.5) is 11.4 Å². The highest BCUT2D eigenvalue weighted by molar-refractivity contribution is 5.90. The van der Waals surface area contributed by atoms with E-state index in [1.165, 1.54) is 18.3 Å². The van der Waals surface area contributed by atoms with Crippen LogP contribution in [0, 0.1) is 21.4 Å². The molecule has 0 unspecified atom stereocenters. The Hall–Kier alpha value is -2.95. The van der Waals surface area contributed by atoms with Crippen LogP contribution in [0.1, 0.15) is 25.8 Å². The Kier molecular flexibility index (Phi) is 6.50. The van der Waals surface area contributed by atoms with Crippen LogP contribution in [0.25, 0.3) is 0 Å². The topological polar surface area (TPSA) is 112 Å². The molecule has 0 saturated heterocycles. The number of non-ortho nitro benzene ring substituents is 1. The van der Waals surface area contributed by atoms with Crippen LogP contribution in [0.5, 0.6) is 0 Å². The third kappa shape index (κ3) is 4.56. The van der Waals surface area contributed by atoms with E-state index in [-0.39, 0.29) is 12.1 Å². The minimum atomic E-state index is -0.534. The maximum Gasteiger partial charge on any atom is 0.270 e. The summed E-state index contributed by atoms with van der Waals surface area (Å²) in [5.74, 6) is -0.534. The molecular formula is C14H17N5O3. The van der Waals surface area contributed by atoms with Gasteiger partial charge in [-0.2, -0.15) is 10.4 Å². The van der Waals surface area contributed by atoms with Crippen molar-refractivity contribution >= 4 is 23.5 Å². The second kappa shape index (κ2) is 8.36. The monoisotopic (exact) mass is 303 g/mol. The predicted octanol–water partition coefficient (Wildman–Crippen LogP) is 1.80. The summed E-state index contributed by atoms with van der Waals surface area (Å²) in [6, 6.07) is 6.19. The molecule has 1 amide bonds. The molecule has 1 aromatic rings. The third-order valence-corrected chi connectivity index (χ3v) is 2.96. The molecule has 116 valence electrons. The smallest absolute Gasteiger partial charge is 0.270 e. The average molecular weight is 303 g/mol. The second-order valence-electron chi connectivity index (χ2n) is 4.30. The predicted molar refractivity (Wildman–Crippen MR) is 82.6 cm³/mol. The van der Waals surface area contributed by atoms with Gasteiger partial charge in [0, 0.05) is 36.5 Å². The van der Waals surface area contributed by atoms with Gasteiger partial charge in [-0.3, -0.25) is 14.9 Å². The van der Waals surface area contributed by atoms with E-state index < -0.39 is 10.8 Å². The first-order valence-corrected chi connectivity index (χ1v) is 6.75. The fourth-order valence-electron chi connectivity index (χ4n) is 1.90. The van der Waals surface area contributed by atoms with Gasteiger partial charge in [-0.15, -0.1) is 0 Å². The van der Waals surface area contributed by atoms with Gasteiger partial charge in [0.15, 0.2) is 0 Å². The third-order valence-electron chi connectivity index (χ3n) is 2.96. The number of hydrogen-bond acceptors (Lipinski definition) is 6. The molecule has 22 heavy (non-hydrogen) atoms. The van der Waals surface area contributed by atoms with Crippen LogP contribution in [0.3, 0.4) is 0 Å². The number of hydrazone groups is 1. The molecule has 8 nitrogen and oxygen atoms in total. The quantitative estimate of drug-likeness (QED) is 0.469. The Labute approximate surface area is 128 Å². The Morgan fingerprint density at radius 3 is 2.73 bits per heavy atom. The first kappa shape index (κ1) is 17.1. The lowest BCUT2D eigenvalue weighted by Gasteiger charge is -2.22. The maximum atomic E-state index is 11.2. The van der Waals surface area contributed by atoms with Gasteiger partial charge >= 0.3 is 0 Å². The highest BCUT2D eigenvalue weighted by atomic mass is 16.6. The van der Waals surface area contributed by atoms with E-state index in [4.69, 9.17) is 5.26 Å². The van der Waals surface area contributed by atoms with Crippen molar-refractivity contribution in [2.24, 2.45) is 5.10 Å². The largest absolute Gasteiger partial charge is 0.372 e. The van der Waals surface area contributed by atoms with Gasteiger partial charge in [0.05, 0.1) is 17.2 Å². The number of nitrogens with zero attached hydrogens (tertiary/aromatic N) is 4. The van der Waals surface area contributed by atoms with Crippen LogP contribution in [-0.2, 0) is 4.79 Å². The van der Waals surface area contributed by atoms with E-state index in [1.807, 2.05) is 18.7 Å². The van der Waals surface area contributed by atoms with Crippen molar-refractivity contribution < 1.29 is 9.72 Å². The van der Waals surface area contributed by atoms with Crippen LogP contribution < -0.4 is 10.3 Å². The summed E-state index contributed by atoms with van der Waals surface area (Å²) < 4.78 is 0. The normalized spacial score (nSPS) is 10.2. The lowest BCUT2D eigenvalue weighted by molar-refractivity contribution is -0.384. The first-order chi connectivity index (χ1) is 10.5. The molecular weight excluding hydrogens is 286 g/mol. The molecule has 0 bridgehead atoms. The van der Waals surface area contributed by atoms with Crippen LogP contribution in [0.2, 0.25) is 0 Å². The number of nitro groups is 1. The van der Waals surface area contributed by atoms with Crippen LogP contribution >= 0.6 is 0 Å². The number of nitro benzene ring substituents is 1. The Morgan fingerprint density at radius 1 is 1.50 bits per heavy atom. The lowest BCUT2D eigenvalue weighted by atomic mass is 10.1. The van der Waals surface area contributed by atoms with E-state index in [1.54, 1.807) is 12.1 Å². The highest BCUT2D eigenvalue weighted by Gasteiger charge is 2.13. The van der Waals surface area contributed by atoms with E-state index in [2.05, 4.69) is 10.5 Å². The van der Waals surface area contributed by atoms with E-state index >= 15 is 0 Å². The van der Waals surface area contributed by atoms with Gasteiger partial charge in [-0.05, 0) is 19.9 Å². The molecule has 0 heterocycles. The number of hydrogen-bond donors (Lipinski definition) is 1. The highest BCUT2D eigenvalue weighted by Crippen LogP contribution is 2.24. The van der Waals surface area contributed by atoms with Crippen molar-refractivity contribution in [3.8, 4) is 6.07 Å². The zero-order chi connectivity index (χ0) is 16.5. The van der Waals surface area contributed by atoms with E-state index in [0.717, 1.165) is 18.8 Å². The van der Waals surface area contributed by atoms with Crippen molar-refractivity contribution in [2.75, 3.05) is 18.0 Å².